The summed E-state index contributed by atoms with van der Waals surface area (Å²) in [7, 11) is 0. The normalized spacial score (nSPS) is 21.8. The second-order valence-corrected chi connectivity index (χ2v) is 7.56. The molecule has 25 heavy (non-hydrogen) atoms. The van der Waals surface area contributed by atoms with Gasteiger partial charge in [-0.1, -0.05) is 18.2 Å². The number of benzene rings is 1. The van der Waals surface area contributed by atoms with E-state index in [0.717, 1.165) is 56.5 Å². The van der Waals surface area contributed by atoms with Crippen LogP contribution in [-0.4, -0.2) is 33.4 Å². The monoisotopic (exact) mass is 337 g/mol. The molecule has 0 spiro atoms. The Balaban J connectivity index is 1.49. The van der Waals surface area contributed by atoms with Gasteiger partial charge in [0, 0.05) is 25.0 Å². The Kier molecular flexibility index (Phi) is 4.36. The van der Waals surface area contributed by atoms with Crippen LogP contribution in [0.4, 0.5) is 0 Å². The van der Waals surface area contributed by atoms with E-state index in [-0.39, 0.29) is 5.92 Å². The van der Waals surface area contributed by atoms with Crippen molar-refractivity contribution >= 4 is 16.9 Å². The van der Waals surface area contributed by atoms with Gasteiger partial charge in [-0.2, -0.15) is 0 Å². The Morgan fingerprint density at radius 2 is 1.92 bits per heavy atom. The standard InChI is InChI=1S/C21H27N3O/c1-15-8-9-19-20(14-15)24(16(2)22-19)18-10-12-23(13-11-18)21(25)17-6-4-3-5-7-17/h3-4,8-9,14,17-18H,5-7,10-13H2,1-2H3. The van der Waals surface area contributed by atoms with E-state index in [0.29, 0.717) is 11.9 Å². The van der Waals surface area contributed by atoms with Gasteiger partial charge >= 0.3 is 0 Å². The summed E-state index contributed by atoms with van der Waals surface area (Å²) >= 11 is 0. The molecule has 1 aliphatic heterocycles. The zero-order chi connectivity index (χ0) is 17.4. The fourth-order valence-corrected chi connectivity index (χ4v) is 4.40. The van der Waals surface area contributed by atoms with Crippen molar-refractivity contribution in [1.29, 1.82) is 0 Å². The van der Waals surface area contributed by atoms with Crippen molar-refractivity contribution in [3.05, 3.63) is 41.7 Å². The van der Waals surface area contributed by atoms with E-state index in [1.54, 1.807) is 0 Å². The maximum absolute atomic E-state index is 12.7. The van der Waals surface area contributed by atoms with Gasteiger partial charge in [-0.3, -0.25) is 4.79 Å². The highest BCUT2D eigenvalue weighted by Gasteiger charge is 2.29. The SMILES string of the molecule is Cc1ccc2nc(C)n(C3CCN(C(=O)C4CC=CCC4)CC3)c2c1. The van der Waals surface area contributed by atoms with Gasteiger partial charge in [-0.15, -0.1) is 0 Å². The van der Waals surface area contributed by atoms with Crippen molar-refractivity contribution in [1.82, 2.24) is 14.5 Å². The van der Waals surface area contributed by atoms with E-state index in [1.165, 1.54) is 11.1 Å². The van der Waals surface area contributed by atoms with Crippen molar-refractivity contribution in [2.45, 2.75) is 52.0 Å². The molecule has 1 aliphatic carbocycles. The highest BCUT2D eigenvalue weighted by molar-refractivity contribution is 5.79. The first kappa shape index (κ1) is 16.4. The molecule has 0 radical (unpaired) electrons. The van der Waals surface area contributed by atoms with E-state index in [1.807, 2.05) is 0 Å². The molecule has 2 aliphatic rings. The Bertz CT molecular complexity index is 812. The van der Waals surface area contributed by atoms with E-state index in [2.05, 4.69) is 53.7 Å². The van der Waals surface area contributed by atoms with Gasteiger partial charge in [0.05, 0.1) is 11.0 Å². The molecule has 1 aromatic carbocycles. The zero-order valence-electron chi connectivity index (χ0n) is 15.2. The topological polar surface area (TPSA) is 38.1 Å². The second kappa shape index (κ2) is 6.66. The number of allylic oxidation sites excluding steroid dienone is 2. The number of aryl methyl sites for hydroxylation is 2. The molecule has 132 valence electrons. The van der Waals surface area contributed by atoms with E-state index >= 15 is 0 Å². The summed E-state index contributed by atoms with van der Waals surface area (Å²) in [5.41, 5.74) is 3.59. The maximum Gasteiger partial charge on any atom is 0.226 e. The van der Waals surface area contributed by atoms with Crippen LogP contribution in [0.2, 0.25) is 0 Å². The molecule has 4 heteroatoms. The largest absolute Gasteiger partial charge is 0.342 e. The Morgan fingerprint density at radius 3 is 2.64 bits per heavy atom. The minimum atomic E-state index is 0.208. The minimum Gasteiger partial charge on any atom is -0.342 e. The molecule has 1 fully saturated rings. The van der Waals surface area contributed by atoms with Crippen LogP contribution in [0.3, 0.4) is 0 Å². The third kappa shape index (κ3) is 3.10. The summed E-state index contributed by atoms with van der Waals surface area (Å²) in [5.74, 6) is 1.66. The molecule has 1 aromatic heterocycles. The number of rotatable bonds is 2. The summed E-state index contributed by atoms with van der Waals surface area (Å²) in [6.45, 7) is 5.97. The van der Waals surface area contributed by atoms with Gasteiger partial charge in [0.2, 0.25) is 5.91 Å². The van der Waals surface area contributed by atoms with Gasteiger partial charge < -0.3 is 9.47 Å². The fourth-order valence-electron chi connectivity index (χ4n) is 4.40. The van der Waals surface area contributed by atoms with Gasteiger partial charge in [-0.05, 0) is 63.6 Å². The van der Waals surface area contributed by atoms with Gasteiger partial charge in [0.25, 0.3) is 0 Å². The molecule has 0 saturated carbocycles. The third-order valence-electron chi connectivity index (χ3n) is 5.78. The van der Waals surface area contributed by atoms with Crippen LogP contribution in [0.15, 0.2) is 30.4 Å². The molecule has 1 amide bonds. The van der Waals surface area contributed by atoms with Crippen LogP contribution in [0.25, 0.3) is 11.0 Å². The molecule has 4 nitrogen and oxygen atoms in total. The first-order valence-corrected chi connectivity index (χ1v) is 9.52. The Labute approximate surface area is 149 Å². The average Bonchev–Trinajstić information content (AvgIpc) is 2.97. The van der Waals surface area contributed by atoms with E-state index in [9.17, 15) is 4.79 Å². The van der Waals surface area contributed by atoms with Crippen LogP contribution in [0.5, 0.6) is 0 Å². The average molecular weight is 337 g/mol. The number of likely N-dealkylation sites (tertiary alicyclic amines) is 1. The summed E-state index contributed by atoms with van der Waals surface area (Å²) in [5, 5.41) is 0. The lowest BCUT2D eigenvalue weighted by molar-refractivity contribution is -0.137. The second-order valence-electron chi connectivity index (χ2n) is 7.56. The first-order chi connectivity index (χ1) is 12.1. The van der Waals surface area contributed by atoms with Gasteiger partial charge in [0.1, 0.15) is 5.82 Å². The number of carbonyl (C=O) groups is 1. The van der Waals surface area contributed by atoms with E-state index < -0.39 is 0 Å². The van der Waals surface area contributed by atoms with Crippen molar-refractivity contribution in [3.63, 3.8) is 0 Å². The van der Waals surface area contributed by atoms with Crippen LogP contribution >= 0.6 is 0 Å². The smallest absolute Gasteiger partial charge is 0.226 e. The number of amides is 1. The molecular formula is C21H27N3O. The van der Waals surface area contributed by atoms with Crippen LogP contribution in [0, 0.1) is 19.8 Å². The fraction of sp³-hybridized carbons (Fsp3) is 0.524. The Hall–Kier alpha value is -2.10. The van der Waals surface area contributed by atoms with Crippen molar-refractivity contribution in [2.75, 3.05) is 13.1 Å². The van der Waals surface area contributed by atoms with Gasteiger partial charge in [0.15, 0.2) is 0 Å². The first-order valence-electron chi connectivity index (χ1n) is 9.52. The lowest BCUT2D eigenvalue weighted by atomic mass is 9.92. The Morgan fingerprint density at radius 1 is 1.12 bits per heavy atom. The number of imidazole rings is 1. The number of nitrogens with zero attached hydrogens (tertiary/aromatic N) is 3. The molecule has 2 aromatic rings. The maximum atomic E-state index is 12.7. The highest BCUT2D eigenvalue weighted by atomic mass is 16.2. The lowest BCUT2D eigenvalue weighted by Gasteiger charge is -2.35. The van der Waals surface area contributed by atoms with Crippen molar-refractivity contribution < 1.29 is 4.79 Å². The van der Waals surface area contributed by atoms with Gasteiger partial charge in [-0.25, -0.2) is 4.98 Å². The molecule has 2 heterocycles. The number of piperidine rings is 1. The summed E-state index contributed by atoms with van der Waals surface area (Å²) in [6, 6.07) is 6.92. The number of carbonyl (C=O) groups excluding carboxylic acids is 1. The van der Waals surface area contributed by atoms with Crippen molar-refractivity contribution in [2.24, 2.45) is 5.92 Å². The van der Waals surface area contributed by atoms with Crippen LogP contribution < -0.4 is 0 Å². The van der Waals surface area contributed by atoms with Crippen molar-refractivity contribution in [3.8, 4) is 0 Å². The number of fused-ring (bicyclic) bond motifs is 1. The quantitative estimate of drug-likeness (QED) is 0.771. The molecular weight excluding hydrogens is 310 g/mol. The molecule has 1 saturated heterocycles. The summed E-state index contributed by atoms with van der Waals surface area (Å²) in [6.07, 6.45) is 9.39. The molecule has 1 unspecified atom stereocenters. The van der Waals surface area contributed by atoms with Crippen LogP contribution in [0.1, 0.15) is 49.5 Å². The number of hydrogen-bond acceptors (Lipinski definition) is 2. The number of aromatic nitrogens is 2. The predicted octanol–water partition coefficient (Wildman–Crippen LogP) is 4.17. The minimum absolute atomic E-state index is 0.208. The van der Waals surface area contributed by atoms with E-state index in [4.69, 9.17) is 4.98 Å². The molecule has 0 N–H and O–H groups in total. The summed E-state index contributed by atoms with van der Waals surface area (Å²) in [4.78, 5) is 19.6. The number of hydrogen-bond donors (Lipinski definition) is 0. The zero-order valence-corrected chi connectivity index (χ0v) is 15.2. The molecule has 4 rings (SSSR count). The highest BCUT2D eigenvalue weighted by Crippen LogP contribution is 2.30. The van der Waals surface area contributed by atoms with Crippen LogP contribution in [-0.2, 0) is 4.79 Å². The predicted molar refractivity (Wildman–Crippen MR) is 101 cm³/mol. The molecule has 0 bridgehead atoms. The lowest BCUT2D eigenvalue weighted by Crippen LogP contribution is -2.42. The third-order valence-corrected chi connectivity index (χ3v) is 5.78. The molecule has 1 atom stereocenters. The summed E-state index contributed by atoms with van der Waals surface area (Å²) < 4.78 is 2.40.